The molecule has 0 aromatic carbocycles. The van der Waals surface area contributed by atoms with Crippen molar-refractivity contribution in [1.82, 2.24) is 9.80 Å². The van der Waals surface area contributed by atoms with Crippen LogP contribution in [-0.4, -0.2) is 53.1 Å². The molecule has 1 aliphatic carbocycles. The van der Waals surface area contributed by atoms with Crippen LogP contribution in [0.25, 0.3) is 0 Å². The normalized spacial score (nSPS) is 24.0. The minimum absolute atomic E-state index is 0.0990. The lowest BCUT2D eigenvalue weighted by Gasteiger charge is -2.36. The number of likely N-dealkylation sites (tertiary alicyclic amines) is 1. The van der Waals surface area contributed by atoms with Gasteiger partial charge in [-0.05, 0) is 66.6 Å². The van der Waals surface area contributed by atoms with Crippen LogP contribution in [0.15, 0.2) is 15.9 Å². The second-order valence-corrected chi connectivity index (χ2v) is 9.83. The van der Waals surface area contributed by atoms with Crippen LogP contribution in [0.4, 0.5) is 4.79 Å². The number of hydrogen-bond donors (Lipinski definition) is 0. The van der Waals surface area contributed by atoms with Crippen molar-refractivity contribution in [2.24, 2.45) is 0 Å². The zero-order valence-corrected chi connectivity index (χ0v) is 16.6. The van der Waals surface area contributed by atoms with Crippen LogP contribution >= 0.6 is 27.3 Å². The number of nitrogens with zero attached hydrogens (tertiary/aromatic N) is 2. The molecule has 0 N–H and O–H groups in total. The Kier molecular flexibility index (Phi) is 4.79. The van der Waals surface area contributed by atoms with Gasteiger partial charge < -0.3 is 14.5 Å². The maximum atomic E-state index is 12.6. The minimum atomic E-state index is -0.231. The molecule has 0 bridgehead atoms. The van der Waals surface area contributed by atoms with E-state index < -0.39 is 0 Å². The third-order valence-electron chi connectivity index (χ3n) is 5.74. The molecule has 2 aliphatic heterocycles. The molecule has 7 heteroatoms. The van der Waals surface area contributed by atoms with Gasteiger partial charge in [-0.1, -0.05) is 6.42 Å². The van der Waals surface area contributed by atoms with Gasteiger partial charge in [0, 0.05) is 19.1 Å². The van der Waals surface area contributed by atoms with Gasteiger partial charge in [-0.25, -0.2) is 4.79 Å². The van der Waals surface area contributed by atoms with Crippen LogP contribution in [0.2, 0.25) is 0 Å². The number of thiophene rings is 1. The number of hydrogen-bond acceptors (Lipinski definition) is 4. The fourth-order valence-corrected chi connectivity index (χ4v) is 5.71. The zero-order chi connectivity index (χ0) is 17.4. The highest BCUT2D eigenvalue weighted by atomic mass is 79.9. The number of ether oxygens (including phenoxy) is 1. The van der Waals surface area contributed by atoms with Crippen LogP contribution in [0.3, 0.4) is 0 Å². The molecule has 5 nitrogen and oxygen atoms in total. The topological polar surface area (TPSA) is 49.9 Å². The highest BCUT2D eigenvalue weighted by molar-refractivity contribution is 9.11. The predicted octanol–water partition coefficient (Wildman–Crippen LogP) is 4.27. The van der Waals surface area contributed by atoms with Crippen molar-refractivity contribution in [3.63, 3.8) is 0 Å². The fourth-order valence-electron chi connectivity index (χ4n) is 4.35. The lowest BCUT2D eigenvalue weighted by atomic mass is 9.84. The Morgan fingerprint density at radius 2 is 1.92 bits per heavy atom. The predicted molar refractivity (Wildman–Crippen MR) is 99.9 cm³/mol. The van der Waals surface area contributed by atoms with Gasteiger partial charge in [0.15, 0.2) is 0 Å². The molecule has 2 saturated heterocycles. The van der Waals surface area contributed by atoms with Gasteiger partial charge in [-0.2, -0.15) is 0 Å². The van der Waals surface area contributed by atoms with Crippen molar-refractivity contribution in [2.75, 3.05) is 19.6 Å². The van der Waals surface area contributed by atoms with E-state index in [9.17, 15) is 9.59 Å². The summed E-state index contributed by atoms with van der Waals surface area (Å²) in [5.74, 6) is 0.0990. The molecular formula is C18H23BrN2O3S. The van der Waals surface area contributed by atoms with Crippen molar-refractivity contribution in [3.8, 4) is 0 Å². The summed E-state index contributed by atoms with van der Waals surface area (Å²) < 4.78 is 6.78. The Balaban J connectivity index is 1.35. The summed E-state index contributed by atoms with van der Waals surface area (Å²) in [7, 11) is 0. The molecule has 136 valence electrons. The molecular weight excluding hydrogens is 404 g/mol. The van der Waals surface area contributed by atoms with Crippen LogP contribution in [0.1, 0.15) is 54.6 Å². The van der Waals surface area contributed by atoms with Crippen molar-refractivity contribution in [1.29, 1.82) is 0 Å². The fraction of sp³-hybridized carbons (Fsp3) is 0.667. The average Bonchev–Trinajstić information content (AvgIpc) is 3.19. The van der Waals surface area contributed by atoms with Gasteiger partial charge in [0.25, 0.3) is 5.91 Å². The minimum Gasteiger partial charge on any atom is -0.441 e. The highest BCUT2D eigenvalue weighted by Crippen LogP contribution is 2.38. The number of rotatable bonds is 2. The molecule has 1 aromatic heterocycles. The van der Waals surface area contributed by atoms with E-state index in [0.29, 0.717) is 13.1 Å². The van der Waals surface area contributed by atoms with Crippen molar-refractivity contribution < 1.29 is 14.3 Å². The zero-order valence-electron chi connectivity index (χ0n) is 14.2. The Morgan fingerprint density at radius 1 is 1.20 bits per heavy atom. The largest absolute Gasteiger partial charge is 0.441 e. The summed E-state index contributed by atoms with van der Waals surface area (Å²) in [6, 6.07) is 3.98. The number of carbonyl (C=O) groups excluding carboxylic acids is 2. The van der Waals surface area contributed by atoms with Gasteiger partial charge in [-0.3, -0.25) is 4.79 Å². The first-order valence-electron chi connectivity index (χ1n) is 9.11. The Morgan fingerprint density at radius 3 is 2.56 bits per heavy atom. The van der Waals surface area contributed by atoms with E-state index in [0.717, 1.165) is 53.7 Å². The van der Waals surface area contributed by atoms with Crippen LogP contribution < -0.4 is 0 Å². The van der Waals surface area contributed by atoms with E-state index in [1.54, 1.807) is 0 Å². The molecule has 1 saturated carbocycles. The molecule has 3 fully saturated rings. The summed E-state index contributed by atoms with van der Waals surface area (Å²) in [6.45, 7) is 2.15. The standard InChI is InChI=1S/C18H23BrN2O3S/c19-15-5-4-14(25-15)16(22)20-10-6-13(7-11-20)21-12-18(24-17(21)23)8-2-1-3-9-18/h4-5,13H,1-3,6-12H2. The first-order chi connectivity index (χ1) is 12.1. The molecule has 3 heterocycles. The smallest absolute Gasteiger partial charge is 0.410 e. The molecule has 0 radical (unpaired) electrons. The molecule has 4 rings (SSSR count). The van der Waals surface area contributed by atoms with Crippen LogP contribution in [0.5, 0.6) is 0 Å². The summed E-state index contributed by atoms with van der Waals surface area (Å²) in [5, 5.41) is 0. The Labute approximate surface area is 160 Å². The number of carbonyl (C=O) groups is 2. The third kappa shape index (κ3) is 3.45. The monoisotopic (exact) mass is 426 g/mol. The van der Waals surface area contributed by atoms with Gasteiger partial charge in [0.1, 0.15) is 5.60 Å². The van der Waals surface area contributed by atoms with E-state index in [1.165, 1.54) is 17.8 Å². The molecule has 1 aromatic rings. The average molecular weight is 427 g/mol. The SMILES string of the molecule is O=C(c1ccc(Br)s1)N1CCC(N2CC3(CCCCC3)OC2=O)CC1. The van der Waals surface area contributed by atoms with Gasteiger partial charge >= 0.3 is 6.09 Å². The second kappa shape index (κ2) is 6.91. The third-order valence-corrected chi connectivity index (χ3v) is 7.35. The van der Waals surface area contributed by atoms with Crippen molar-refractivity contribution in [2.45, 2.75) is 56.6 Å². The lowest BCUT2D eigenvalue weighted by molar-refractivity contribution is 0.0259. The quantitative estimate of drug-likeness (QED) is 0.709. The van der Waals surface area contributed by atoms with E-state index in [1.807, 2.05) is 21.9 Å². The number of halogens is 1. The summed E-state index contributed by atoms with van der Waals surface area (Å²) in [6.07, 6.45) is 7.09. The van der Waals surface area contributed by atoms with E-state index in [2.05, 4.69) is 15.9 Å². The number of amides is 2. The maximum absolute atomic E-state index is 12.6. The van der Waals surface area contributed by atoms with E-state index >= 15 is 0 Å². The molecule has 1 spiro atoms. The summed E-state index contributed by atoms with van der Waals surface area (Å²) in [5.41, 5.74) is -0.231. The summed E-state index contributed by atoms with van der Waals surface area (Å²) >= 11 is 4.88. The van der Waals surface area contributed by atoms with Gasteiger partial charge in [-0.15, -0.1) is 11.3 Å². The van der Waals surface area contributed by atoms with Gasteiger partial charge in [0.2, 0.25) is 0 Å². The van der Waals surface area contributed by atoms with Crippen LogP contribution in [0, 0.1) is 0 Å². The maximum Gasteiger partial charge on any atom is 0.410 e. The van der Waals surface area contributed by atoms with E-state index in [-0.39, 0.29) is 23.6 Å². The Hall–Kier alpha value is -1.08. The molecule has 3 aliphatic rings. The summed E-state index contributed by atoms with van der Waals surface area (Å²) in [4.78, 5) is 29.6. The molecule has 2 amide bonds. The second-order valence-electron chi connectivity index (χ2n) is 7.37. The molecule has 25 heavy (non-hydrogen) atoms. The van der Waals surface area contributed by atoms with E-state index in [4.69, 9.17) is 4.74 Å². The molecule has 0 unspecified atom stereocenters. The highest BCUT2D eigenvalue weighted by Gasteiger charge is 2.48. The lowest BCUT2D eigenvalue weighted by Crippen LogP contribution is -2.48. The number of piperidine rings is 1. The first kappa shape index (κ1) is 17.3. The van der Waals surface area contributed by atoms with Crippen molar-refractivity contribution >= 4 is 39.3 Å². The van der Waals surface area contributed by atoms with Crippen molar-refractivity contribution in [3.05, 3.63) is 20.8 Å². The first-order valence-corrected chi connectivity index (χ1v) is 10.7. The van der Waals surface area contributed by atoms with Crippen LogP contribution in [-0.2, 0) is 4.74 Å². The Bertz CT molecular complexity index is 663. The molecule has 0 atom stereocenters. The van der Waals surface area contributed by atoms with Gasteiger partial charge in [0.05, 0.1) is 15.2 Å².